The molecule has 39 heavy (non-hydrogen) atoms. The highest BCUT2D eigenvalue weighted by atomic mass is 35.5. The number of hydrogen-bond donors (Lipinski definition) is 2. The molecule has 196 valence electrons. The molecule has 0 aliphatic rings. The van der Waals surface area contributed by atoms with Crippen molar-refractivity contribution in [1.82, 2.24) is 0 Å². The van der Waals surface area contributed by atoms with E-state index >= 15 is 0 Å². The first-order valence-corrected chi connectivity index (χ1v) is 12.0. The van der Waals surface area contributed by atoms with Crippen LogP contribution < -0.4 is 10.6 Å². The molecule has 4 aromatic rings. The molecule has 10 nitrogen and oxygen atoms in total. The molecule has 0 aliphatic heterocycles. The van der Waals surface area contributed by atoms with Crippen molar-refractivity contribution in [3.8, 4) is 0 Å². The average Bonchev–Trinajstić information content (AvgIpc) is 2.90. The molecule has 4 aromatic carbocycles. The molecule has 0 fully saturated rings. The Labute approximate surface area is 231 Å². The van der Waals surface area contributed by atoms with Gasteiger partial charge in [0.1, 0.15) is 11.1 Å². The van der Waals surface area contributed by atoms with Crippen molar-refractivity contribution in [2.24, 2.45) is 0 Å². The van der Waals surface area contributed by atoms with Crippen LogP contribution in [0.15, 0.2) is 84.9 Å². The lowest BCUT2D eigenvalue weighted by Gasteiger charge is -2.09. The number of nitrogens with one attached hydrogen (secondary N) is 2. The molecule has 2 amide bonds. The predicted molar refractivity (Wildman–Crippen MR) is 148 cm³/mol. The Kier molecular flexibility index (Phi) is 8.18. The van der Waals surface area contributed by atoms with Gasteiger partial charge in [0.05, 0.1) is 9.85 Å². The van der Waals surface area contributed by atoms with Gasteiger partial charge in [0.25, 0.3) is 23.2 Å². The van der Waals surface area contributed by atoms with Crippen molar-refractivity contribution in [2.45, 2.75) is 6.42 Å². The first kappa shape index (κ1) is 27.2. The lowest BCUT2D eigenvalue weighted by Crippen LogP contribution is -2.14. The van der Waals surface area contributed by atoms with Crippen LogP contribution in [0.3, 0.4) is 0 Å². The van der Waals surface area contributed by atoms with Crippen molar-refractivity contribution >= 4 is 57.8 Å². The van der Waals surface area contributed by atoms with Gasteiger partial charge in [-0.1, -0.05) is 47.5 Å². The van der Waals surface area contributed by atoms with Crippen LogP contribution in [0.2, 0.25) is 10.0 Å². The van der Waals surface area contributed by atoms with Crippen molar-refractivity contribution in [2.75, 3.05) is 10.6 Å². The quantitative estimate of drug-likeness (QED) is 0.176. The highest BCUT2D eigenvalue weighted by Crippen LogP contribution is 2.26. The van der Waals surface area contributed by atoms with Gasteiger partial charge in [0.2, 0.25) is 0 Å². The Morgan fingerprint density at radius 3 is 1.31 bits per heavy atom. The number of nitrogens with zero attached hydrogens (tertiary/aromatic N) is 2. The fourth-order valence-corrected chi connectivity index (χ4v) is 4.09. The minimum Gasteiger partial charge on any atom is -0.322 e. The number of benzene rings is 4. The average molecular weight is 565 g/mol. The van der Waals surface area contributed by atoms with E-state index in [1.807, 2.05) is 0 Å². The summed E-state index contributed by atoms with van der Waals surface area (Å²) in [5.74, 6) is -1.31. The molecule has 0 bridgehead atoms. The Morgan fingerprint density at radius 2 is 0.974 bits per heavy atom. The fraction of sp³-hybridized carbons (Fsp3) is 0.0370. The number of halogens is 2. The van der Waals surface area contributed by atoms with Gasteiger partial charge in [-0.15, -0.1) is 0 Å². The molecule has 0 atom stereocenters. The van der Waals surface area contributed by atoms with E-state index in [-0.39, 0.29) is 32.5 Å². The summed E-state index contributed by atoms with van der Waals surface area (Å²) in [7, 11) is 0. The number of rotatable bonds is 8. The number of carbonyl (C=O) groups excluding carboxylic acids is 2. The zero-order valence-electron chi connectivity index (χ0n) is 19.9. The van der Waals surface area contributed by atoms with Crippen LogP contribution in [0.5, 0.6) is 0 Å². The third kappa shape index (κ3) is 6.75. The minimum absolute atomic E-state index is 0.145. The maximum atomic E-state index is 12.6. The van der Waals surface area contributed by atoms with Crippen LogP contribution in [0.25, 0.3) is 0 Å². The highest BCUT2D eigenvalue weighted by Gasteiger charge is 2.22. The van der Waals surface area contributed by atoms with E-state index in [0.29, 0.717) is 17.8 Å². The Hall–Kier alpha value is -4.80. The number of hydrogen-bond acceptors (Lipinski definition) is 6. The van der Waals surface area contributed by atoms with Gasteiger partial charge >= 0.3 is 0 Å². The number of nitro groups is 2. The van der Waals surface area contributed by atoms with E-state index in [1.54, 1.807) is 48.5 Å². The smallest absolute Gasteiger partial charge is 0.282 e. The number of amides is 2. The van der Waals surface area contributed by atoms with Crippen LogP contribution >= 0.6 is 23.2 Å². The molecule has 4 rings (SSSR count). The Morgan fingerprint density at radius 1 is 0.615 bits per heavy atom. The topological polar surface area (TPSA) is 144 Å². The summed E-state index contributed by atoms with van der Waals surface area (Å²) in [4.78, 5) is 46.3. The van der Waals surface area contributed by atoms with Crippen LogP contribution in [0.4, 0.5) is 22.7 Å². The van der Waals surface area contributed by atoms with E-state index in [1.165, 1.54) is 36.4 Å². The molecule has 12 heteroatoms. The molecule has 0 radical (unpaired) electrons. The lowest BCUT2D eigenvalue weighted by atomic mass is 10.0. The summed E-state index contributed by atoms with van der Waals surface area (Å²) >= 11 is 11.8. The first-order valence-electron chi connectivity index (χ1n) is 11.3. The van der Waals surface area contributed by atoms with Gasteiger partial charge in [0, 0.05) is 33.6 Å². The van der Waals surface area contributed by atoms with Crippen LogP contribution in [-0.2, 0) is 6.42 Å². The molecule has 0 unspecified atom stereocenters. The van der Waals surface area contributed by atoms with E-state index in [0.717, 1.165) is 11.1 Å². The summed E-state index contributed by atoms with van der Waals surface area (Å²) in [5.41, 5.74) is 1.76. The van der Waals surface area contributed by atoms with Gasteiger partial charge in [-0.05, 0) is 66.1 Å². The standard InChI is InChI=1S/C27H18Cl2N4O6/c28-18-5-11-24(32(36)37)22(14-18)26(34)30-20-7-1-16(2-8-20)13-17-3-9-21(10-4-17)31-27(35)23-15-19(29)6-12-25(23)33(38)39/h1-12,14-15H,13H2,(H,30,34)(H,31,35). The second kappa shape index (κ2) is 11.7. The molecule has 0 aromatic heterocycles. The fourth-order valence-electron chi connectivity index (χ4n) is 3.74. The maximum absolute atomic E-state index is 12.6. The van der Waals surface area contributed by atoms with E-state index < -0.39 is 21.7 Å². The zero-order valence-corrected chi connectivity index (χ0v) is 21.4. The number of anilines is 2. The van der Waals surface area contributed by atoms with Crippen molar-refractivity contribution < 1.29 is 19.4 Å². The number of nitro benzene ring substituents is 2. The highest BCUT2D eigenvalue weighted by molar-refractivity contribution is 6.31. The lowest BCUT2D eigenvalue weighted by molar-refractivity contribution is -0.385. The van der Waals surface area contributed by atoms with Crippen LogP contribution in [0, 0.1) is 20.2 Å². The number of carbonyl (C=O) groups is 2. The SMILES string of the molecule is O=C(Nc1ccc(Cc2ccc(NC(=O)c3cc(Cl)ccc3[N+](=O)[O-])cc2)cc1)c1cc(Cl)ccc1[N+](=O)[O-]. The molecule has 0 saturated carbocycles. The van der Waals surface area contributed by atoms with E-state index in [2.05, 4.69) is 10.6 Å². The first-order chi connectivity index (χ1) is 18.6. The summed E-state index contributed by atoms with van der Waals surface area (Å²) in [6.07, 6.45) is 0.544. The molecule has 2 N–H and O–H groups in total. The van der Waals surface area contributed by atoms with Gasteiger partial charge in [-0.3, -0.25) is 29.8 Å². The van der Waals surface area contributed by atoms with Crippen molar-refractivity contribution in [1.29, 1.82) is 0 Å². The third-order valence-corrected chi connectivity index (χ3v) is 6.10. The molecule has 0 saturated heterocycles. The van der Waals surface area contributed by atoms with Crippen molar-refractivity contribution in [3.05, 3.63) is 137 Å². The van der Waals surface area contributed by atoms with Gasteiger partial charge < -0.3 is 10.6 Å². The second-order valence-corrected chi connectivity index (χ2v) is 9.19. The van der Waals surface area contributed by atoms with Gasteiger partial charge in [-0.2, -0.15) is 0 Å². The predicted octanol–water partition coefficient (Wildman–Crippen LogP) is 6.91. The van der Waals surface area contributed by atoms with Crippen molar-refractivity contribution in [3.63, 3.8) is 0 Å². The zero-order chi connectivity index (χ0) is 28.1. The maximum Gasteiger partial charge on any atom is 0.282 e. The summed E-state index contributed by atoms with van der Waals surface area (Å²) in [5, 5.41) is 28.1. The van der Waals surface area contributed by atoms with Gasteiger partial charge in [-0.25, -0.2) is 0 Å². The second-order valence-electron chi connectivity index (χ2n) is 8.32. The molecular weight excluding hydrogens is 547 g/mol. The molecule has 0 spiro atoms. The summed E-state index contributed by atoms with van der Waals surface area (Å²) in [6.45, 7) is 0. The molecular formula is C27H18Cl2N4O6. The summed E-state index contributed by atoms with van der Waals surface area (Å²) < 4.78 is 0. The Balaban J connectivity index is 1.39. The molecule has 0 aliphatic carbocycles. The van der Waals surface area contributed by atoms with Crippen LogP contribution in [-0.4, -0.2) is 21.7 Å². The monoisotopic (exact) mass is 564 g/mol. The third-order valence-electron chi connectivity index (χ3n) is 5.63. The normalized spacial score (nSPS) is 10.5. The largest absolute Gasteiger partial charge is 0.322 e. The Bertz CT molecular complexity index is 1470. The van der Waals surface area contributed by atoms with Gasteiger partial charge in [0.15, 0.2) is 0 Å². The summed E-state index contributed by atoms with van der Waals surface area (Å²) in [6, 6.07) is 21.4. The van der Waals surface area contributed by atoms with E-state index in [4.69, 9.17) is 23.2 Å². The minimum atomic E-state index is -0.655. The molecule has 0 heterocycles. The van der Waals surface area contributed by atoms with Crippen LogP contribution in [0.1, 0.15) is 31.8 Å². The van der Waals surface area contributed by atoms with E-state index in [9.17, 15) is 29.8 Å².